The fourth-order valence-electron chi connectivity index (χ4n) is 3.17. The minimum atomic E-state index is -0.594. The number of hydrogen-bond acceptors (Lipinski definition) is 3. The van der Waals surface area contributed by atoms with E-state index in [2.05, 4.69) is 13.8 Å². The highest BCUT2D eigenvalue weighted by Gasteiger charge is 2.06. The summed E-state index contributed by atoms with van der Waals surface area (Å²) in [6.45, 7) is 4.91. The molecule has 0 N–H and O–H groups in total. The highest BCUT2D eigenvalue weighted by Crippen LogP contribution is 2.16. The molecule has 0 radical (unpaired) electrons. The molecule has 1 rings (SSSR count). The number of benzene rings is 1. The second-order valence-corrected chi connectivity index (χ2v) is 7.48. The minimum Gasteiger partial charge on any atom is -0.434 e. The molecule has 0 aliphatic heterocycles. The Labute approximate surface area is 166 Å². The molecule has 0 fully saturated rings. The number of ether oxygens (including phenoxy) is 2. The van der Waals surface area contributed by atoms with E-state index in [1.807, 2.05) is 24.3 Å². The Morgan fingerprint density at radius 1 is 0.704 bits per heavy atom. The normalized spacial score (nSPS) is 10.7. The van der Waals surface area contributed by atoms with Crippen molar-refractivity contribution >= 4 is 6.16 Å². The van der Waals surface area contributed by atoms with E-state index in [-0.39, 0.29) is 0 Å². The van der Waals surface area contributed by atoms with E-state index in [9.17, 15) is 4.79 Å². The molecule has 154 valence electrons. The van der Waals surface area contributed by atoms with Crippen molar-refractivity contribution in [3.63, 3.8) is 0 Å². The van der Waals surface area contributed by atoms with E-state index in [1.54, 1.807) is 0 Å². The van der Waals surface area contributed by atoms with Gasteiger partial charge in [0, 0.05) is 0 Å². The molecule has 0 aliphatic rings. The van der Waals surface area contributed by atoms with Gasteiger partial charge in [0.1, 0.15) is 5.75 Å². The van der Waals surface area contributed by atoms with Crippen molar-refractivity contribution in [2.45, 2.75) is 104 Å². The number of rotatable bonds is 16. The Bertz CT molecular complexity index is 467. The molecule has 1 aromatic rings. The maximum atomic E-state index is 11.7. The summed E-state index contributed by atoms with van der Waals surface area (Å²) in [7, 11) is 0. The zero-order chi connectivity index (χ0) is 19.6. The fraction of sp³-hybridized carbons (Fsp3) is 0.708. The van der Waals surface area contributed by atoms with Crippen molar-refractivity contribution in [1.29, 1.82) is 0 Å². The topological polar surface area (TPSA) is 35.5 Å². The molecular weight excluding hydrogens is 336 g/mol. The van der Waals surface area contributed by atoms with Crippen molar-refractivity contribution in [2.24, 2.45) is 0 Å². The van der Waals surface area contributed by atoms with E-state index in [0.717, 1.165) is 19.3 Å². The molecule has 1 aromatic carbocycles. The first-order valence-electron chi connectivity index (χ1n) is 11.2. The lowest BCUT2D eigenvalue weighted by Gasteiger charge is -2.07. The Kier molecular flexibility index (Phi) is 14.5. The number of aryl methyl sites for hydroxylation is 1. The third kappa shape index (κ3) is 13.3. The molecule has 0 aliphatic carbocycles. The van der Waals surface area contributed by atoms with Gasteiger partial charge in [0.15, 0.2) is 0 Å². The van der Waals surface area contributed by atoms with Crippen LogP contribution >= 0.6 is 0 Å². The molecule has 3 heteroatoms. The van der Waals surface area contributed by atoms with Crippen LogP contribution in [0.5, 0.6) is 5.75 Å². The smallest absolute Gasteiger partial charge is 0.434 e. The molecule has 0 unspecified atom stereocenters. The first-order chi connectivity index (χ1) is 13.3. The average molecular weight is 377 g/mol. The zero-order valence-corrected chi connectivity index (χ0v) is 17.6. The van der Waals surface area contributed by atoms with Crippen LogP contribution in [0.1, 0.15) is 103 Å². The zero-order valence-electron chi connectivity index (χ0n) is 17.6. The standard InChI is InChI=1S/C24H40O3/c1-3-5-7-9-11-12-14-16-22-17-19-23(20-18-22)27-24(25)26-21-15-13-10-8-6-4-2/h17-20H,3-16,21H2,1-2H3. The van der Waals surface area contributed by atoms with Gasteiger partial charge in [0.25, 0.3) is 0 Å². The van der Waals surface area contributed by atoms with Crippen LogP contribution in [-0.2, 0) is 11.2 Å². The number of hydrogen-bond donors (Lipinski definition) is 0. The van der Waals surface area contributed by atoms with Gasteiger partial charge in [-0.15, -0.1) is 0 Å². The molecule has 0 spiro atoms. The van der Waals surface area contributed by atoms with Gasteiger partial charge in [-0.05, 0) is 37.0 Å². The second-order valence-electron chi connectivity index (χ2n) is 7.48. The first-order valence-corrected chi connectivity index (χ1v) is 11.2. The third-order valence-corrected chi connectivity index (χ3v) is 4.91. The fourth-order valence-corrected chi connectivity index (χ4v) is 3.17. The van der Waals surface area contributed by atoms with Crippen molar-refractivity contribution in [3.05, 3.63) is 29.8 Å². The molecule has 0 bridgehead atoms. The summed E-state index contributed by atoms with van der Waals surface area (Å²) in [6.07, 6.45) is 16.8. The van der Waals surface area contributed by atoms with Gasteiger partial charge in [-0.25, -0.2) is 4.79 Å². The molecule has 0 atom stereocenters. The maximum absolute atomic E-state index is 11.7. The van der Waals surface area contributed by atoms with Crippen LogP contribution in [0.4, 0.5) is 4.79 Å². The molecule has 0 amide bonds. The van der Waals surface area contributed by atoms with Crippen LogP contribution in [-0.4, -0.2) is 12.8 Å². The van der Waals surface area contributed by atoms with Crippen LogP contribution < -0.4 is 4.74 Å². The van der Waals surface area contributed by atoms with Gasteiger partial charge in [-0.1, -0.05) is 96.6 Å². The largest absolute Gasteiger partial charge is 0.513 e. The van der Waals surface area contributed by atoms with Gasteiger partial charge < -0.3 is 9.47 Å². The Balaban J connectivity index is 2.08. The van der Waals surface area contributed by atoms with E-state index < -0.39 is 6.16 Å². The molecule has 0 saturated carbocycles. The first kappa shape index (κ1) is 23.5. The highest BCUT2D eigenvalue weighted by molar-refractivity contribution is 5.63. The van der Waals surface area contributed by atoms with Crippen molar-refractivity contribution in [2.75, 3.05) is 6.61 Å². The van der Waals surface area contributed by atoms with Gasteiger partial charge in [0.2, 0.25) is 0 Å². The van der Waals surface area contributed by atoms with Crippen molar-refractivity contribution < 1.29 is 14.3 Å². The molecule has 0 saturated heterocycles. The second kappa shape index (κ2) is 16.6. The number of carbonyl (C=O) groups excluding carboxylic acids is 1. The molecular formula is C24H40O3. The summed E-state index contributed by atoms with van der Waals surface area (Å²) in [4.78, 5) is 11.7. The Hall–Kier alpha value is -1.51. The summed E-state index contributed by atoms with van der Waals surface area (Å²) >= 11 is 0. The van der Waals surface area contributed by atoms with Gasteiger partial charge in [-0.3, -0.25) is 0 Å². The van der Waals surface area contributed by atoms with Crippen molar-refractivity contribution in [3.8, 4) is 5.75 Å². The lowest BCUT2D eigenvalue weighted by atomic mass is 10.0. The van der Waals surface area contributed by atoms with Gasteiger partial charge in [-0.2, -0.15) is 0 Å². The van der Waals surface area contributed by atoms with Crippen LogP contribution in [0.15, 0.2) is 24.3 Å². The summed E-state index contributed by atoms with van der Waals surface area (Å²) in [5.41, 5.74) is 1.30. The lowest BCUT2D eigenvalue weighted by Crippen LogP contribution is -2.11. The summed E-state index contributed by atoms with van der Waals surface area (Å²) in [5.74, 6) is 0.561. The van der Waals surface area contributed by atoms with Gasteiger partial charge in [0.05, 0.1) is 6.61 Å². The summed E-state index contributed by atoms with van der Waals surface area (Å²) in [5, 5.41) is 0. The highest BCUT2D eigenvalue weighted by atomic mass is 16.7. The van der Waals surface area contributed by atoms with Crippen LogP contribution in [0.25, 0.3) is 0 Å². The monoisotopic (exact) mass is 376 g/mol. The molecule has 0 aromatic heterocycles. The average Bonchev–Trinajstić information content (AvgIpc) is 2.68. The predicted octanol–water partition coefficient (Wildman–Crippen LogP) is 7.86. The predicted molar refractivity (Wildman–Crippen MR) is 113 cm³/mol. The molecule has 3 nitrogen and oxygen atoms in total. The summed E-state index contributed by atoms with van der Waals surface area (Å²) < 4.78 is 10.4. The lowest BCUT2D eigenvalue weighted by molar-refractivity contribution is 0.0973. The quantitative estimate of drug-likeness (QED) is 0.167. The molecule has 27 heavy (non-hydrogen) atoms. The van der Waals surface area contributed by atoms with Crippen LogP contribution in [0.2, 0.25) is 0 Å². The van der Waals surface area contributed by atoms with E-state index >= 15 is 0 Å². The third-order valence-electron chi connectivity index (χ3n) is 4.91. The Morgan fingerprint density at radius 3 is 1.81 bits per heavy atom. The SMILES string of the molecule is CCCCCCCCCc1ccc(OC(=O)OCCCCCCCC)cc1. The van der Waals surface area contributed by atoms with Crippen LogP contribution in [0, 0.1) is 0 Å². The summed E-state index contributed by atoms with van der Waals surface area (Å²) in [6, 6.07) is 7.83. The van der Waals surface area contributed by atoms with E-state index in [1.165, 1.54) is 76.2 Å². The number of carbonyl (C=O) groups is 1. The number of unbranched alkanes of at least 4 members (excludes halogenated alkanes) is 11. The Morgan fingerprint density at radius 2 is 1.22 bits per heavy atom. The van der Waals surface area contributed by atoms with Crippen molar-refractivity contribution in [1.82, 2.24) is 0 Å². The molecule has 0 heterocycles. The maximum Gasteiger partial charge on any atom is 0.513 e. The minimum absolute atomic E-state index is 0.446. The van der Waals surface area contributed by atoms with E-state index in [4.69, 9.17) is 9.47 Å². The van der Waals surface area contributed by atoms with Gasteiger partial charge >= 0.3 is 6.16 Å². The van der Waals surface area contributed by atoms with E-state index in [0.29, 0.717) is 12.4 Å². The van der Waals surface area contributed by atoms with Crippen LogP contribution in [0.3, 0.4) is 0 Å².